The molecule has 0 bridgehead atoms. The first-order chi connectivity index (χ1) is 8.45. The average molecular weight is 258 g/mol. The van der Waals surface area contributed by atoms with E-state index in [2.05, 4.69) is 15.3 Å². The first-order valence-electron chi connectivity index (χ1n) is 4.91. The summed E-state index contributed by atoms with van der Waals surface area (Å²) in [6.45, 7) is 0.111. The number of nitrogens with zero attached hydrogens (tertiary/aromatic N) is 3. The van der Waals surface area contributed by atoms with E-state index >= 15 is 0 Å². The van der Waals surface area contributed by atoms with Crippen molar-refractivity contribution < 1.29 is 18.0 Å². The van der Waals surface area contributed by atoms with Crippen molar-refractivity contribution in [2.24, 2.45) is 5.11 Å². The number of nitrogens with one attached hydrogen (secondary N) is 1. The number of hydrogen-bond acceptors (Lipinski definition) is 2. The lowest BCUT2D eigenvalue weighted by Crippen LogP contribution is -2.26. The number of alkyl halides is 3. The monoisotopic (exact) mass is 258 g/mol. The minimum atomic E-state index is -4.48. The Morgan fingerprint density at radius 3 is 2.78 bits per heavy atom. The van der Waals surface area contributed by atoms with Gasteiger partial charge < -0.3 is 5.32 Å². The van der Waals surface area contributed by atoms with Crippen LogP contribution in [0.1, 0.15) is 15.9 Å². The predicted molar refractivity (Wildman–Crippen MR) is 57.8 cm³/mol. The molecule has 0 fully saturated rings. The molecular formula is C10H9F3N4O. The van der Waals surface area contributed by atoms with Gasteiger partial charge in [-0.3, -0.25) is 4.79 Å². The molecule has 0 atom stereocenters. The molecule has 0 aliphatic carbocycles. The van der Waals surface area contributed by atoms with Crippen molar-refractivity contribution in [2.45, 2.75) is 6.18 Å². The van der Waals surface area contributed by atoms with Gasteiger partial charge in [-0.2, -0.15) is 13.2 Å². The van der Waals surface area contributed by atoms with Gasteiger partial charge in [-0.25, -0.2) is 0 Å². The molecule has 8 heteroatoms. The maximum Gasteiger partial charge on any atom is 0.416 e. The molecule has 0 heterocycles. The van der Waals surface area contributed by atoms with E-state index < -0.39 is 17.6 Å². The van der Waals surface area contributed by atoms with E-state index in [1.807, 2.05) is 0 Å². The van der Waals surface area contributed by atoms with Crippen molar-refractivity contribution in [3.05, 3.63) is 45.8 Å². The van der Waals surface area contributed by atoms with Crippen LogP contribution < -0.4 is 5.32 Å². The second-order valence-electron chi connectivity index (χ2n) is 3.29. The largest absolute Gasteiger partial charge is 0.416 e. The molecule has 1 aromatic rings. The normalized spacial score (nSPS) is 10.6. The van der Waals surface area contributed by atoms with E-state index in [9.17, 15) is 18.0 Å². The molecular weight excluding hydrogens is 249 g/mol. The van der Waals surface area contributed by atoms with Gasteiger partial charge in [0.15, 0.2) is 0 Å². The van der Waals surface area contributed by atoms with Gasteiger partial charge >= 0.3 is 6.18 Å². The number of carbonyl (C=O) groups is 1. The molecule has 96 valence electrons. The summed E-state index contributed by atoms with van der Waals surface area (Å²) in [5.74, 6) is -0.644. The van der Waals surface area contributed by atoms with E-state index in [4.69, 9.17) is 5.53 Å². The lowest BCUT2D eigenvalue weighted by molar-refractivity contribution is -0.137. The van der Waals surface area contributed by atoms with Gasteiger partial charge in [0.25, 0.3) is 5.91 Å². The summed E-state index contributed by atoms with van der Waals surface area (Å²) < 4.78 is 37.2. The summed E-state index contributed by atoms with van der Waals surface area (Å²) in [6.07, 6.45) is -4.48. The average Bonchev–Trinajstić information content (AvgIpc) is 2.33. The Morgan fingerprint density at radius 1 is 1.44 bits per heavy atom. The summed E-state index contributed by atoms with van der Waals surface area (Å²) in [5.41, 5.74) is 7.02. The number of azide groups is 1. The molecule has 0 aliphatic heterocycles. The second-order valence-corrected chi connectivity index (χ2v) is 3.29. The van der Waals surface area contributed by atoms with Crippen molar-refractivity contribution in [1.82, 2.24) is 5.32 Å². The van der Waals surface area contributed by atoms with Crippen LogP contribution in [0.4, 0.5) is 13.2 Å². The van der Waals surface area contributed by atoms with Crippen molar-refractivity contribution >= 4 is 5.91 Å². The second kappa shape index (κ2) is 5.92. The SMILES string of the molecule is [N-]=[N+]=NCCNC(=O)c1cccc(C(F)(F)F)c1. The van der Waals surface area contributed by atoms with E-state index in [1.54, 1.807) is 0 Å². The first kappa shape index (κ1) is 13.9. The molecule has 0 aromatic heterocycles. The molecule has 18 heavy (non-hydrogen) atoms. The molecule has 0 saturated heterocycles. The van der Waals surface area contributed by atoms with Gasteiger partial charge in [-0.1, -0.05) is 11.2 Å². The smallest absolute Gasteiger partial charge is 0.352 e. The van der Waals surface area contributed by atoms with Crippen molar-refractivity contribution in [3.8, 4) is 0 Å². The van der Waals surface area contributed by atoms with Gasteiger partial charge in [0.1, 0.15) is 0 Å². The third kappa shape index (κ3) is 3.99. The summed E-state index contributed by atoms with van der Waals surface area (Å²) >= 11 is 0. The highest BCUT2D eigenvalue weighted by molar-refractivity contribution is 5.94. The molecule has 5 nitrogen and oxygen atoms in total. The Balaban J connectivity index is 2.71. The first-order valence-corrected chi connectivity index (χ1v) is 4.91. The summed E-state index contributed by atoms with van der Waals surface area (Å²) in [5, 5.41) is 5.52. The quantitative estimate of drug-likeness (QED) is 0.383. The van der Waals surface area contributed by atoms with Crippen molar-refractivity contribution in [3.63, 3.8) is 0 Å². The molecule has 0 radical (unpaired) electrons. The van der Waals surface area contributed by atoms with Crippen LogP contribution in [0, 0.1) is 0 Å². The number of amides is 1. The zero-order chi connectivity index (χ0) is 13.6. The van der Waals surface area contributed by atoms with Crippen LogP contribution in [0.3, 0.4) is 0 Å². The zero-order valence-electron chi connectivity index (χ0n) is 9.11. The number of hydrogen-bond donors (Lipinski definition) is 1. The van der Waals surface area contributed by atoms with Crippen LogP contribution in [0.25, 0.3) is 10.4 Å². The number of rotatable bonds is 4. The summed E-state index contributed by atoms with van der Waals surface area (Å²) in [7, 11) is 0. The van der Waals surface area contributed by atoms with E-state index in [-0.39, 0.29) is 18.7 Å². The fourth-order valence-electron chi connectivity index (χ4n) is 1.20. The highest BCUT2D eigenvalue weighted by Gasteiger charge is 2.30. The highest BCUT2D eigenvalue weighted by atomic mass is 19.4. The zero-order valence-corrected chi connectivity index (χ0v) is 9.11. The van der Waals surface area contributed by atoms with Crippen LogP contribution in [-0.2, 0) is 6.18 Å². The van der Waals surface area contributed by atoms with Gasteiger partial charge in [0.05, 0.1) is 5.56 Å². The minimum absolute atomic E-state index is 0.0429. The van der Waals surface area contributed by atoms with Crippen LogP contribution in [0.5, 0.6) is 0 Å². The Hall–Kier alpha value is -2.21. The molecule has 0 spiro atoms. The lowest BCUT2D eigenvalue weighted by atomic mass is 10.1. The Kier molecular flexibility index (Phi) is 4.56. The van der Waals surface area contributed by atoms with Gasteiger partial charge in [0.2, 0.25) is 0 Å². The van der Waals surface area contributed by atoms with Crippen LogP contribution in [-0.4, -0.2) is 19.0 Å². The van der Waals surface area contributed by atoms with Crippen LogP contribution in [0.15, 0.2) is 29.4 Å². The third-order valence-corrected chi connectivity index (χ3v) is 2.01. The summed E-state index contributed by atoms with van der Waals surface area (Å²) in [6, 6.07) is 4.09. The molecule has 1 aromatic carbocycles. The van der Waals surface area contributed by atoms with Gasteiger partial charge in [-0.15, -0.1) is 0 Å². The van der Waals surface area contributed by atoms with E-state index in [1.165, 1.54) is 6.07 Å². The summed E-state index contributed by atoms with van der Waals surface area (Å²) in [4.78, 5) is 14.0. The maximum atomic E-state index is 12.4. The number of benzene rings is 1. The Morgan fingerprint density at radius 2 is 2.17 bits per heavy atom. The molecule has 0 saturated carbocycles. The van der Waals surface area contributed by atoms with E-state index in [0.29, 0.717) is 0 Å². The van der Waals surface area contributed by atoms with Crippen LogP contribution >= 0.6 is 0 Å². The Bertz CT molecular complexity index is 480. The fraction of sp³-hybridized carbons (Fsp3) is 0.300. The highest BCUT2D eigenvalue weighted by Crippen LogP contribution is 2.29. The standard InChI is InChI=1S/C10H9F3N4O/c11-10(12,13)8-3-1-2-7(6-8)9(18)15-4-5-16-17-14/h1-3,6H,4-5H2,(H,15,18). The molecule has 1 rings (SSSR count). The lowest BCUT2D eigenvalue weighted by Gasteiger charge is -2.08. The van der Waals surface area contributed by atoms with Gasteiger partial charge in [-0.05, 0) is 23.7 Å². The topological polar surface area (TPSA) is 77.9 Å². The van der Waals surface area contributed by atoms with E-state index in [0.717, 1.165) is 18.2 Å². The number of carbonyl (C=O) groups excluding carboxylic acids is 1. The predicted octanol–water partition coefficient (Wildman–Crippen LogP) is 2.75. The molecule has 0 aliphatic rings. The Labute approximate surface area is 100 Å². The number of halogens is 3. The third-order valence-electron chi connectivity index (χ3n) is 2.01. The maximum absolute atomic E-state index is 12.4. The van der Waals surface area contributed by atoms with Crippen LogP contribution in [0.2, 0.25) is 0 Å². The van der Waals surface area contributed by atoms with Crippen molar-refractivity contribution in [2.75, 3.05) is 13.1 Å². The van der Waals surface area contributed by atoms with Gasteiger partial charge in [0, 0.05) is 23.6 Å². The fourth-order valence-corrected chi connectivity index (χ4v) is 1.20. The molecule has 1 N–H and O–H groups in total. The minimum Gasteiger partial charge on any atom is -0.352 e. The molecule has 0 unspecified atom stereocenters. The van der Waals surface area contributed by atoms with Crippen molar-refractivity contribution in [1.29, 1.82) is 0 Å². The molecule has 1 amide bonds.